The smallest absolute Gasteiger partial charge is 0.238 e. The third-order valence-corrected chi connectivity index (χ3v) is 4.83. The van der Waals surface area contributed by atoms with Gasteiger partial charge in [0.15, 0.2) is 11.6 Å². The number of hydrogen-bond donors (Lipinski definition) is 1. The van der Waals surface area contributed by atoms with Gasteiger partial charge in [-0.05, 0) is 48.5 Å². The number of benzene rings is 3. The van der Waals surface area contributed by atoms with Crippen LogP contribution < -0.4 is 9.98 Å². The highest BCUT2D eigenvalue weighted by molar-refractivity contribution is 7.89. The van der Waals surface area contributed by atoms with E-state index in [1.54, 1.807) is 16.9 Å². The van der Waals surface area contributed by atoms with E-state index in [1.165, 1.54) is 12.1 Å². The summed E-state index contributed by atoms with van der Waals surface area (Å²) in [5.74, 6) is 1.23. The molecule has 0 aliphatic heterocycles. The monoisotopic (exact) mass is 365 g/mol. The number of para-hydroxylation sites is 3. The second-order valence-corrected chi connectivity index (χ2v) is 7.25. The number of imidazole rings is 1. The highest BCUT2D eigenvalue weighted by atomic mass is 32.2. The molecule has 0 amide bonds. The maximum Gasteiger partial charge on any atom is 0.238 e. The molecular formula is C19H15N3O3S. The minimum Gasteiger partial charge on any atom is -0.373 e. The van der Waals surface area contributed by atoms with E-state index in [-0.39, 0.29) is 4.90 Å². The third-order valence-electron chi connectivity index (χ3n) is 3.90. The van der Waals surface area contributed by atoms with Gasteiger partial charge in [0.1, 0.15) is 5.52 Å². The number of aromatic nitrogens is 2. The van der Waals surface area contributed by atoms with Gasteiger partial charge < -0.3 is 4.84 Å². The number of sulfonamides is 1. The van der Waals surface area contributed by atoms with Crippen LogP contribution in [0.15, 0.2) is 83.8 Å². The van der Waals surface area contributed by atoms with Gasteiger partial charge in [0.25, 0.3) is 0 Å². The molecule has 0 atom stereocenters. The molecule has 0 bridgehead atoms. The summed E-state index contributed by atoms with van der Waals surface area (Å²) in [5.41, 5.74) is 2.29. The summed E-state index contributed by atoms with van der Waals surface area (Å²) in [6.45, 7) is 0. The van der Waals surface area contributed by atoms with E-state index in [2.05, 4.69) is 4.98 Å². The maximum atomic E-state index is 11.5. The molecule has 2 N–H and O–H groups in total. The molecule has 0 spiro atoms. The molecule has 3 aromatic carbocycles. The molecule has 0 fully saturated rings. The summed E-state index contributed by atoms with van der Waals surface area (Å²) >= 11 is 0. The van der Waals surface area contributed by atoms with Gasteiger partial charge in [-0.2, -0.15) is 4.73 Å². The molecule has 130 valence electrons. The normalized spacial score (nSPS) is 11.6. The zero-order chi connectivity index (χ0) is 18.1. The number of hydrogen-bond acceptors (Lipinski definition) is 4. The van der Waals surface area contributed by atoms with Crippen LogP contribution in [0.25, 0.3) is 22.4 Å². The van der Waals surface area contributed by atoms with Crippen molar-refractivity contribution in [2.75, 3.05) is 0 Å². The van der Waals surface area contributed by atoms with Crippen LogP contribution >= 0.6 is 0 Å². The lowest BCUT2D eigenvalue weighted by atomic mass is 10.2. The Morgan fingerprint density at radius 1 is 0.846 bits per heavy atom. The standard InChI is InChI=1S/C19H15N3O3S/c20-26(23,24)16-12-10-14(11-13-16)19-21-17-8-4-5-9-18(17)22(19)25-15-6-2-1-3-7-15/h1-13H,(H2,20,23,24). The van der Waals surface area contributed by atoms with Crippen molar-refractivity contribution in [2.45, 2.75) is 4.90 Å². The van der Waals surface area contributed by atoms with E-state index in [0.717, 1.165) is 11.0 Å². The van der Waals surface area contributed by atoms with Crippen molar-refractivity contribution < 1.29 is 13.3 Å². The molecule has 0 unspecified atom stereocenters. The Morgan fingerprint density at radius 2 is 1.50 bits per heavy atom. The molecule has 4 aromatic rings. The predicted molar refractivity (Wildman–Crippen MR) is 99.0 cm³/mol. The van der Waals surface area contributed by atoms with E-state index in [4.69, 9.17) is 9.98 Å². The van der Waals surface area contributed by atoms with Crippen LogP contribution in [0, 0.1) is 0 Å². The molecule has 4 rings (SSSR count). The van der Waals surface area contributed by atoms with Crippen LogP contribution in [0.1, 0.15) is 0 Å². The van der Waals surface area contributed by atoms with E-state index in [0.29, 0.717) is 17.1 Å². The van der Waals surface area contributed by atoms with Crippen LogP contribution in [0.5, 0.6) is 5.75 Å². The molecule has 1 heterocycles. The maximum absolute atomic E-state index is 11.5. The van der Waals surface area contributed by atoms with Crippen LogP contribution in [0.3, 0.4) is 0 Å². The molecule has 7 heteroatoms. The topological polar surface area (TPSA) is 87.2 Å². The first-order valence-electron chi connectivity index (χ1n) is 7.86. The fourth-order valence-electron chi connectivity index (χ4n) is 2.66. The summed E-state index contributed by atoms with van der Waals surface area (Å²) in [6.07, 6.45) is 0. The van der Waals surface area contributed by atoms with E-state index in [9.17, 15) is 8.42 Å². The zero-order valence-electron chi connectivity index (χ0n) is 13.6. The van der Waals surface area contributed by atoms with Gasteiger partial charge in [-0.1, -0.05) is 30.3 Å². The highest BCUT2D eigenvalue weighted by Crippen LogP contribution is 2.26. The second-order valence-electron chi connectivity index (χ2n) is 5.69. The molecular weight excluding hydrogens is 350 g/mol. The lowest BCUT2D eigenvalue weighted by molar-refractivity contribution is 0.232. The summed E-state index contributed by atoms with van der Waals surface area (Å²) in [7, 11) is -3.74. The Hall–Kier alpha value is -3.16. The predicted octanol–water partition coefficient (Wildman–Crippen LogP) is 3.19. The van der Waals surface area contributed by atoms with Gasteiger partial charge >= 0.3 is 0 Å². The number of nitrogens with zero attached hydrogens (tertiary/aromatic N) is 2. The molecule has 26 heavy (non-hydrogen) atoms. The first-order valence-corrected chi connectivity index (χ1v) is 9.41. The van der Waals surface area contributed by atoms with E-state index >= 15 is 0 Å². The largest absolute Gasteiger partial charge is 0.373 e. The number of nitrogens with two attached hydrogens (primary N) is 1. The zero-order valence-corrected chi connectivity index (χ0v) is 14.4. The van der Waals surface area contributed by atoms with Gasteiger partial charge in [0.05, 0.1) is 10.4 Å². The molecule has 6 nitrogen and oxygen atoms in total. The molecule has 0 aliphatic rings. The SMILES string of the molecule is NS(=O)(=O)c1ccc(-c2nc3ccccc3n2Oc2ccccc2)cc1. The van der Waals surface area contributed by atoms with Gasteiger partial charge in [0, 0.05) is 5.56 Å². The van der Waals surface area contributed by atoms with Gasteiger partial charge in [-0.3, -0.25) is 0 Å². The van der Waals surface area contributed by atoms with Crippen molar-refractivity contribution >= 4 is 21.1 Å². The van der Waals surface area contributed by atoms with E-state index < -0.39 is 10.0 Å². The average Bonchev–Trinajstić information content (AvgIpc) is 3.01. The van der Waals surface area contributed by atoms with Crippen molar-refractivity contribution in [1.82, 2.24) is 9.71 Å². The van der Waals surface area contributed by atoms with Crippen LogP contribution in [0.4, 0.5) is 0 Å². The molecule has 0 radical (unpaired) electrons. The Morgan fingerprint density at radius 3 is 2.19 bits per heavy atom. The minimum absolute atomic E-state index is 0.0490. The molecule has 0 saturated heterocycles. The molecule has 0 aliphatic carbocycles. The van der Waals surface area contributed by atoms with Crippen molar-refractivity contribution in [1.29, 1.82) is 0 Å². The third kappa shape index (κ3) is 3.05. The average molecular weight is 365 g/mol. The Balaban J connectivity index is 1.85. The lowest BCUT2D eigenvalue weighted by Gasteiger charge is -2.11. The number of primary sulfonamides is 1. The van der Waals surface area contributed by atoms with Crippen LogP contribution in [0.2, 0.25) is 0 Å². The molecule has 0 saturated carbocycles. The van der Waals surface area contributed by atoms with Crippen molar-refractivity contribution in [3.8, 4) is 17.1 Å². The fourth-order valence-corrected chi connectivity index (χ4v) is 3.17. The number of rotatable bonds is 4. The lowest BCUT2D eigenvalue weighted by Crippen LogP contribution is -2.12. The highest BCUT2D eigenvalue weighted by Gasteiger charge is 2.15. The summed E-state index contributed by atoms with van der Waals surface area (Å²) in [5, 5.41) is 5.17. The van der Waals surface area contributed by atoms with Gasteiger partial charge in [-0.25, -0.2) is 18.5 Å². The Kier molecular flexibility index (Phi) is 3.95. The number of fused-ring (bicyclic) bond motifs is 1. The first kappa shape index (κ1) is 16.3. The Labute approximate surface area is 150 Å². The van der Waals surface area contributed by atoms with Gasteiger partial charge in [-0.15, -0.1) is 0 Å². The van der Waals surface area contributed by atoms with Crippen molar-refractivity contribution in [3.05, 3.63) is 78.9 Å². The quantitative estimate of drug-likeness (QED) is 0.602. The summed E-state index contributed by atoms with van der Waals surface area (Å²) < 4.78 is 24.6. The van der Waals surface area contributed by atoms with E-state index in [1.807, 2.05) is 54.6 Å². The van der Waals surface area contributed by atoms with Crippen molar-refractivity contribution in [3.63, 3.8) is 0 Å². The minimum atomic E-state index is -3.74. The summed E-state index contributed by atoms with van der Waals surface area (Å²) in [4.78, 5) is 10.7. The first-order chi connectivity index (χ1) is 12.5. The summed E-state index contributed by atoms with van der Waals surface area (Å²) in [6, 6.07) is 23.2. The fraction of sp³-hybridized carbons (Fsp3) is 0. The molecule has 1 aromatic heterocycles. The van der Waals surface area contributed by atoms with Gasteiger partial charge in [0.2, 0.25) is 10.0 Å². The van der Waals surface area contributed by atoms with Crippen LogP contribution in [-0.4, -0.2) is 18.1 Å². The second kappa shape index (κ2) is 6.29. The Bertz CT molecular complexity index is 1170. The van der Waals surface area contributed by atoms with Crippen LogP contribution in [-0.2, 0) is 10.0 Å². The van der Waals surface area contributed by atoms with Crippen molar-refractivity contribution in [2.24, 2.45) is 5.14 Å².